The molecular weight excluding hydrogens is 354 g/mol. The van der Waals surface area contributed by atoms with Crippen molar-refractivity contribution in [1.29, 1.82) is 5.26 Å². The molecule has 4 heteroatoms. The first kappa shape index (κ1) is 16.7. The fourth-order valence-corrected chi connectivity index (χ4v) is 2.51. The Morgan fingerprint density at radius 2 is 1.78 bits per heavy atom. The van der Waals surface area contributed by atoms with Gasteiger partial charge in [-0.25, -0.2) is 0 Å². The van der Waals surface area contributed by atoms with E-state index >= 15 is 0 Å². The van der Waals surface area contributed by atoms with Crippen molar-refractivity contribution >= 4 is 27.8 Å². The number of Topliss-reactive ketones (excluding diaryl/α,β-unsaturated/α-hetero) is 1. The molecule has 0 amide bonds. The van der Waals surface area contributed by atoms with Gasteiger partial charge in [0.15, 0.2) is 0 Å². The third kappa shape index (κ3) is 4.41. The fraction of sp³-hybridized carbons (Fsp3) is 0.0526. The Balaban J connectivity index is 2.34. The smallest absolute Gasteiger partial charge is 0.207 e. The molecule has 2 rings (SSSR count). The molecule has 0 bridgehead atoms. The van der Waals surface area contributed by atoms with E-state index in [1.807, 2.05) is 42.5 Å². The number of nitriles is 1. The van der Waals surface area contributed by atoms with Crippen molar-refractivity contribution in [2.24, 2.45) is 0 Å². The number of halogens is 1. The molecule has 0 aromatic heterocycles. The molecule has 0 aliphatic heterocycles. The highest BCUT2D eigenvalue weighted by atomic mass is 79.9. The molecule has 114 valence electrons. The lowest BCUT2D eigenvalue weighted by atomic mass is 10.0. The van der Waals surface area contributed by atoms with E-state index in [9.17, 15) is 10.1 Å². The minimum absolute atomic E-state index is 0.0357. The maximum Gasteiger partial charge on any atom is 0.207 e. The maximum absolute atomic E-state index is 12.5. The molecule has 0 aliphatic rings. The number of nitrogens with zero attached hydrogens (tertiary/aromatic N) is 1. The van der Waals surface area contributed by atoms with Gasteiger partial charge in [0.2, 0.25) is 5.78 Å². The van der Waals surface area contributed by atoms with Crippen LogP contribution < -0.4 is 4.74 Å². The summed E-state index contributed by atoms with van der Waals surface area (Å²) in [5.74, 6) is 0.0742. The molecule has 0 saturated carbocycles. The van der Waals surface area contributed by atoms with Gasteiger partial charge in [-0.15, -0.1) is 0 Å². The molecule has 0 saturated heterocycles. The Kier molecular flexibility index (Phi) is 5.90. The number of rotatable bonds is 5. The van der Waals surface area contributed by atoms with Gasteiger partial charge < -0.3 is 4.74 Å². The Hall–Kier alpha value is -2.64. The van der Waals surface area contributed by atoms with Gasteiger partial charge in [0.1, 0.15) is 17.4 Å². The number of carbonyl (C=O) groups excluding carboxylic acids is 1. The van der Waals surface area contributed by atoms with E-state index in [-0.39, 0.29) is 11.4 Å². The summed E-state index contributed by atoms with van der Waals surface area (Å²) < 4.78 is 5.82. The third-order valence-corrected chi connectivity index (χ3v) is 3.56. The lowest BCUT2D eigenvalue weighted by molar-refractivity contribution is 0.103. The Morgan fingerprint density at radius 3 is 2.43 bits per heavy atom. The van der Waals surface area contributed by atoms with Crippen molar-refractivity contribution in [3.05, 3.63) is 81.9 Å². The Morgan fingerprint density at radius 1 is 1.13 bits per heavy atom. The number of hydrogen-bond acceptors (Lipinski definition) is 3. The van der Waals surface area contributed by atoms with Crippen molar-refractivity contribution in [1.82, 2.24) is 0 Å². The topological polar surface area (TPSA) is 50.1 Å². The van der Waals surface area contributed by atoms with Crippen LogP contribution in [0.4, 0.5) is 0 Å². The second-order valence-corrected chi connectivity index (χ2v) is 5.55. The predicted molar refractivity (Wildman–Crippen MR) is 94.4 cm³/mol. The standard InChI is InChI=1S/C19H14BrNO2/c1-23-18-10-6-5-9-17(18)19(22)15(13-21)12-16(20)11-14-7-3-2-4-8-14/h2-12H,1H3/b15-12+,16-11-. The maximum atomic E-state index is 12.5. The third-order valence-electron chi connectivity index (χ3n) is 3.10. The van der Waals surface area contributed by atoms with Gasteiger partial charge in [-0.2, -0.15) is 5.26 Å². The highest BCUT2D eigenvalue weighted by Crippen LogP contribution is 2.23. The normalized spacial score (nSPS) is 11.7. The van der Waals surface area contributed by atoms with E-state index in [1.165, 1.54) is 13.2 Å². The van der Waals surface area contributed by atoms with Gasteiger partial charge in [0.25, 0.3) is 0 Å². The molecule has 23 heavy (non-hydrogen) atoms. The summed E-state index contributed by atoms with van der Waals surface area (Å²) in [4.78, 5) is 12.5. The lowest BCUT2D eigenvalue weighted by Crippen LogP contribution is -2.04. The number of carbonyl (C=O) groups is 1. The number of allylic oxidation sites excluding steroid dienone is 3. The van der Waals surface area contributed by atoms with Crippen LogP contribution in [0.2, 0.25) is 0 Å². The van der Waals surface area contributed by atoms with Crippen molar-refractivity contribution in [2.45, 2.75) is 0 Å². The zero-order valence-electron chi connectivity index (χ0n) is 12.5. The molecule has 0 unspecified atom stereocenters. The van der Waals surface area contributed by atoms with Crippen molar-refractivity contribution < 1.29 is 9.53 Å². The number of ketones is 1. The molecule has 0 atom stereocenters. The zero-order chi connectivity index (χ0) is 16.7. The van der Waals surface area contributed by atoms with E-state index in [1.54, 1.807) is 24.3 Å². The number of ether oxygens (including phenoxy) is 1. The summed E-state index contributed by atoms with van der Waals surface area (Å²) >= 11 is 3.38. The predicted octanol–water partition coefficient (Wildman–Crippen LogP) is 4.76. The number of methoxy groups -OCH3 is 1. The highest BCUT2D eigenvalue weighted by Gasteiger charge is 2.16. The van der Waals surface area contributed by atoms with Gasteiger partial charge in [-0.3, -0.25) is 4.79 Å². The summed E-state index contributed by atoms with van der Waals surface area (Å²) in [5, 5.41) is 9.31. The average Bonchev–Trinajstić information content (AvgIpc) is 2.60. The molecule has 0 radical (unpaired) electrons. The minimum atomic E-state index is -0.372. The van der Waals surface area contributed by atoms with Gasteiger partial charge in [-0.1, -0.05) is 58.4 Å². The van der Waals surface area contributed by atoms with Gasteiger partial charge >= 0.3 is 0 Å². The van der Waals surface area contributed by atoms with E-state index in [4.69, 9.17) is 4.74 Å². The quantitative estimate of drug-likeness (QED) is 0.331. The summed E-state index contributed by atoms with van der Waals surface area (Å²) in [7, 11) is 1.49. The molecule has 2 aromatic carbocycles. The summed E-state index contributed by atoms with van der Waals surface area (Å²) in [5.41, 5.74) is 1.37. The fourth-order valence-electron chi connectivity index (χ4n) is 2.01. The number of para-hydroxylation sites is 1. The molecule has 0 spiro atoms. The van der Waals surface area contributed by atoms with Crippen LogP contribution in [-0.2, 0) is 0 Å². The van der Waals surface area contributed by atoms with Gasteiger partial charge in [0, 0.05) is 4.48 Å². The van der Waals surface area contributed by atoms with Crippen molar-refractivity contribution in [2.75, 3.05) is 7.11 Å². The van der Waals surface area contributed by atoms with E-state index in [2.05, 4.69) is 15.9 Å². The lowest BCUT2D eigenvalue weighted by Gasteiger charge is -2.06. The second-order valence-electron chi connectivity index (χ2n) is 4.64. The van der Waals surface area contributed by atoms with Crippen LogP contribution in [0.1, 0.15) is 15.9 Å². The van der Waals surface area contributed by atoms with Crippen LogP contribution in [0.5, 0.6) is 5.75 Å². The summed E-state index contributed by atoms with van der Waals surface area (Å²) in [6.45, 7) is 0. The molecule has 3 nitrogen and oxygen atoms in total. The zero-order valence-corrected chi connectivity index (χ0v) is 14.1. The van der Waals surface area contributed by atoms with Crippen LogP contribution in [0.3, 0.4) is 0 Å². The van der Waals surface area contributed by atoms with Crippen LogP contribution in [-0.4, -0.2) is 12.9 Å². The SMILES string of the molecule is COc1ccccc1C(=O)/C(C#N)=C/C(Br)=C/c1ccccc1. The molecular formula is C19H14BrNO2. The van der Waals surface area contributed by atoms with Gasteiger partial charge in [-0.05, 0) is 29.8 Å². The summed E-state index contributed by atoms with van der Waals surface area (Å²) in [6.07, 6.45) is 3.36. The summed E-state index contributed by atoms with van der Waals surface area (Å²) in [6, 6.07) is 18.4. The first-order chi connectivity index (χ1) is 11.2. The van der Waals surface area contributed by atoms with E-state index in [0.29, 0.717) is 15.8 Å². The van der Waals surface area contributed by atoms with Crippen LogP contribution >= 0.6 is 15.9 Å². The average molecular weight is 368 g/mol. The number of benzene rings is 2. The van der Waals surface area contributed by atoms with Crippen LogP contribution in [0.25, 0.3) is 6.08 Å². The number of hydrogen-bond donors (Lipinski definition) is 0. The van der Waals surface area contributed by atoms with E-state index in [0.717, 1.165) is 5.56 Å². The van der Waals surface area contributed by atoms with Crippen LogP contribution in [0.15, 0.2) is 70.7 Å². The first-order valence-electron chi connectivity index (χ1n) is 6.87. The Bertz CT molecular complexity index is 802. The first-order valence-corrected chi connectivity index (χ1v) is 7.66. The Labute approximate surface area is 143 Å². The molecule has 0 N–H and O–H groups in total. The molecule has 0 aliphatic carbocycles. The monoisotopic (exact) mass is 367 g/mol. The molecule has 2 aromatic rings. The molecule has 0 fully saturated rings. The second kappa shape index (κ2) is 8.11. The highest BCUT2D eigenvalue weighted by molar-refractivity contribution is 9.12. The van der Waals surface area contributed by atoms with Crippen LogP contribution in [0, 0.1) is 11.3 Å². The largest absolute Gasteiger partial charge is 0.496 e. The van der Waals surface area contributed by atoms with Gasteiger partial charge in [0.05, 0.1) is 12.7 Å². The molecule has 0 heterocycles. The van der Waals surface area contributed by atoms with E-state index < -0.39 is 0 Å². The van der Waals surface area contributed by atoms with Crippen molar-refractivity contribution in [3.8, 4) is 11.8 Å². The minimum Gasteiger partial charge on any atom is -0.496 e. The van der Waals surface area contributed by atoms with Crippen molar-refractivity contribution in [3.63, 3.8) is 0 Å².